The Balaban J connectivity index is 1.81. The minimum Gasteiger partial charge on any atom is -0.491 e. The highest BCUT2D eigenvalue weighted by molar-refractivity contribution is 9.10. The SMILES string of the molecule is O=C(NC1COc2ccccc21)c1ccc(Br)cc1S. The minimum absolute atomic E-state index is 0.116. The molecule has 0 spiro atoms. The van der Waals surface area contributed by atoms with Gasteiger partial charge < -0.3 is 10.1 Å². The first-order chi connectivity index (χ1) is 9.65. The Morgan fingerprint density at radius 2 is 2.10 bits per heavy atom. The minimum atomic E-state index is -0.146. The lowest BCUT2D eigenvalue weighted by Crippen LogP contribution is -2.29. The molecule has 1 heterocycles. The van der Waals surface area contributed by atoms with Gasteiger partial charge >= 0.3 is 0 Å². The molecule has 1 amide bonds. The molecule has 3 rings (SSSR count). The van der Waals surface area contributed by atoms with Crippen molar-refractivity contribution in [2.45, 2.75) is 10.9 Å². The van der Waals surface area contributed by atoms with E-state index in [1.54, 1.807) is 12.1 Å². The zero-order valence-corrected chi connectivity index (χ0v) is 12.9. The van der Waals surface area contributed by atoms with Crippen molar-refractivity contribution in [2.24, 2.45) is 0 Å². The summed E-state index contributed by atoms with van der Waals surface area (Å²) in [5.41, 5.74) is 1.57. The van der Waals surface area contributed by atoms with Crippen LogP contribution in [0.5, 0.6) is 5.75 Å². The third kappa shape index (κ3) is 2.55. The summed E-state index contributed by atoms with van der Waals surface area (Å²) in [6.45, 7) is 0.462. The van der Waals surface area contributed by atoms with Crippen LogP contribution in [0.25, 0.3) is 0 Å². The molecule has 1 atom stereocenters. The topological polar surface area (TPSA) is 38.3 Å². The number of hydrogen-bond acceptors (Lipinski definition) is 3. The molecule has 0 radical (unpaired) electrons. The molecule has 0 aliphatic carbocycles. The summed E-state index contributed by atoms with van der Waals surface area (Å²) in [4.78, 5) is 13.0. The number of para-hydroxylation sites is 1. The van der Waals surface area contributed by atoms with Crippen molar-refractivity contribution in [3.8, 4) is 5.75 Å². The summed E-state index contributed by atoms with van der Waals surface area (Å²) < 4.78 is 6.45. The van der Waals surface area contributed by atoms with E-state index in [1.807, 2.05) is 30.3 Å². The summed E-state index contributed by atoms with van der Waals surface area (Å²) in [5.74, 6) is 0.688. The predicted molar refractivity (Wildman–Crippen MR) is 83.5 cm³/mol. The summed E-state index contributed by atoms with van der Waals surface area (Å²) >= 11 is 7.69. The molecule has 1 aliphatic heterocycles. The van der Waals surface area contributed by atoms with E-state index < -0.39 is 0 Å². The summed E-state index contributed by atoms with van der Waals surface area (Å²) in [7, 11) is 0. The third-order valence-electron chi connectivity index (χ3n) is 3.21. The Morgan fingerprint density at radius 3 is 2.90 bits per heavy atom. The fraction of sp³-hybridized carbons (Fsp3) is 0.133. The lowest BCUT2D eigenvalue weighted by molar-refractivity contribution is 0.0927. The molecule has 2 aromatic carbocycles. The smallest absolute Gasteiger partial charge is 0.253 e. The number of amides is 1. The number of halogens is 1. The lowest BCUT2D eigenvalue weighted by atomic mass is 10.1. The normalized spacial score (nSPS) is 16.4. The molecule has 20 heavy (non-hydrogen) atoms. The van der Waals surface area contributed by atoms with Gasteiger partial charge in [-0.15, -0.1) is 12.6 Å². The van der Waals surface area contributed by atoms with E-state index in [-0.39, 0.29) is 11.9 Å². The number of benzene rings is 2. The number of carbonyl (C=O) groups is 1. The van der Waals surface area contributed by atoms with Crippen LogP contribution in [0.3, 0.4) is 0 Å². The highest BCUT2D eigenvalue weighted by Gasteiger charge is 2.25. The highest BCUT2D eigenvalue weighted by atomic mass is 79.9. The second-order valence-corrected chi connectivity index (χ2v) is 5.93. The van der Waals surface area contributed by atoms with E-state index >= 15 is 0 Å². The zero-order chi connectivity index (χ0) is 14.1. The van der Waals surface area contributed by atoms with Crippen molar-refractivity contribution in [3.05, 3.63) is 58.1 Å². The van der Waals surface area contributed by atoms with Crippen LogP contribution in [-0.4, -0.2) is 12.5 Å². The Hall–Kier alpha value is -1.46. The first-order valence-corrected chi connectivity index (χ1v) is 7.40. The molecule has 0 aromatic heterocycles. The van der Waals surface area contributed by atoms with E-state index in [0.29, 0.717) is 17.1 Å². The van der Waals surface area contributed by atoms with Crippen molar-refractivity contribution in [2.75, 3.05) is 6.61 Å². The second-order valence-electron chi connectivity index (χ2n) is 4.54. The Kier molecular flexibility index (Phi) is 3.72. The zero-order valence-electron chi connectivity index (χ0n) is 10.5. The van der Waals surface area contributed by atoms with Gasteiger partial charge in [-0.2, -0.15) is 0 Å². The lowest BCUT2D eigenvalue weighted by Gasteiger charge is -2.13. The molecule has 1 aliphatic rings. The van der Waals surface area contributed by atoms with E-state index in [9.17, 15) is 4.79 Å². The van der Waals surface area contributed by atoms with Gasteiger partial charge in [0.15, 0.2) is 0 Å². The molecule has 2 aromatic rings. The fourth-order valence-corrected chi connectivity index (χ4v) is 3.07. The van der Waals surface area contributed by atoms with Crippen LogP contribution in [-0.2, 0) is 0 Å². The largest absolute Gasteiger partial charge is 0.491 e. The first kappa shape index (κ1) is 13.5. The average molecular weight is 350 g/mol. The van der Waals surface area contributed by atoms with Gasteiger partial charge in [-0.1, -0.05) is 34.1 Å². The quantitative estimate of drug-likeness (QED) is 0.813. The average Bonchev–Trinajstić information content (AvgIpc) is 2.82. The Labute approximate surface area is 130 Å². The van der Waals surface area contributed by atoms with Gasteiger partial charge in [-0.25, -0.2) is 0 Å². The van der Waals surface area contributed by atoms with E-state index in [0.717, 1.165) is 15.8 Å². The van der Waals surface area contributed by atoms with Crippen LogP contribution in [0, 0.1) is 0 Å². The monoisotopic (exact) mass is 349 g/mol. The van der Waals surface area contributed by atoms with Crippen LogP contribution in [0.4, 0.5) is 0 Å². The summed E-state index contributed by atoms with van der Waals surface area (Å²) in [5, 5.41) is 2.98. The fourth-order valence-electron chi connectivity index (χ4n) is 2.21. The van der Waals surface area contributed by atoms with Crippen LogP contribution in [0.15, 0.2) is 51.8 Å². The molecule has 0 saturated heterocycles. The van der Waals surface area contributed by atoms with Crippen LogP contribution >= 0.6 is 28.6 Å². The molecular formula is C15H12BrNO2S. The molecule has 102 valence electrons. The van der Waals surface area contributed by atoms with Crippen LogP contribution in [0.2, 0.25) is 0 Å². The van der Waals surface area contributed by atoms with Gasteiger partial charge in [0.1, 0.15) is 12.4 Å². The van der Waals surface area contributed by atoms with Crippen molar-refractivity contribution >= 4 is 34.5 Å². The maximum atomic E-state index is 12.3. The van der Waals surface area contributed by atoms with Crippen molar-refractivity contribution in [1.29, 1.82) is 0 Å². The number of carbonyl (C=O) groups excluding carboxylic acids is 1. The van der Waals surface area contributed by atoms with E-state index in [2.05, 4.69) is 33.9 Å². The molecule has 3 nitrogen and oxygen atoms in total. The number of thiol groups is 1. The Bertz CT molecular complexity index is 675. The van der Waals surface area contributed by atoms with Crippen molar-refractivity contribution < 1.29 is 9.53 Å². The number of ether oxygens (including phenoxy) is 1. The summed E-state index contributed by atoms with van der Waals surface area (Å²) in [6.07, 6.45) is 0. The van der Waals surface area contributed by atoms with E-state index in [1.165, 1.54) is 0 Å². The molecule has 0 saturated carbocycles. The number of nitrogens with one attached hydrogen (secondary N) is 1. The van der Waals surface area contributed by atoms with Crippen LogP contribution in [0.1, 0.15) is 22.0 Å². The van der Waals surface area contributed by atoms with Gasteiger partial charge in [0.05, 0.1) is 11.6 Å². The molecule has 0 fully saturated rings. The first-order valence-electron chi connectivity index (χ1n) is 6.16. The van der Waals surface area contributed by atoms with Crippen LogP contribution < -0.4 is 10.1 Å². The van der Waals surface area contributed by atoms with Crippen molar-refractivity contribution in [1.82, 2.24) is 5.32 Å². The van der Waals surface area contributed by atoms with Crippen molar-refractivity contribution in [3.63, 3.8) is 0 Å². The maximum absolute atomic E-state index is 12.3. The molecule has 1 unspecified atom stereocenters. The molecule has 5 heteroatoms. The van der Waals surface area contributed by atoms with Gasteiger partial charge in [0.25, 0.3) is 5.91 Å². The number of hydrogen-bond donors (Lipinski definition) is 2. The molecule has 0 bridgehead atoms. The highest BCUT2D eigenvalue weighted by Crippen LogP contribution is 2.32. The van der Waals surface area contributed by atoms with Gasteiger partial charge in [-0.3, -0.25) is 4.79 Å². The second kappa shape index (κ2) is 5.50. The predicted octanol–water partition coefficient (Wildman–Crippen LogP) is 3.60. The molecule has 1 N–H and O–H groups in total. The number of rotatable bonds is 2. The number of fused-ring (bicyclic) bond motifs is 1. The van der Waals surface area contributed by atoms with E-state index in [4.69, 9.17) is 4.74 Å². The van der Waals surface area contributed by atoms with Gasteiger partial charge in [-0.05, 0) is 24.3 Å². The van der Waals surface area contributed by atoms with Gasteiger partial charge in [0.2, 0.25) is 0 Å². The maximum Gasteiger partial charge on any atom is 0.253 e. The molecular weight excluding hydrogens is 338 g/mol. The summed E-state index contributed by atoms with van der Waals surface area (Å²) in [6, 6.07) is 13.0. The Morgan fingerprint density at radius 1 is 1.30 bits per heavy atom. The van der Waals surface area contributed by atoms with Gasteiger partial charge in [0, 0.05) is 14.9 Å². The standard InChI is InChI=1S/C15H12BrNO2S/c16-9-5-6-11(14(20)7-9)15(18)17-12-8-19-13-4-2-1-3-10(12)13/h1-7,12,20H,8H2,(H,17,18). The third-order valence-corrected chi connectivity index (χ3v) is 4.07.